The summed E-state index contributed by atoms with van der Waals surface area (Å²) in [6.07, 6.45) is 2.66. The van der Waals surface area contributed by atoms with Crippen molar-refractivity contribution in [3.63, 3.8) is 0 Å². The van der Waals surface area contributed by atoms with Crippen LogP contribution < -0.4 is 36.1 Å². The highest BCUT2D eigenvalue weighted by molar-refractivity contribution is 7.92. The van der Waals surface area contributed by atoms with Crippen molar-refractivity contribution in [2.75, 3.05) is 33.7 Å². The standard InChI is InChI=1S/C30H36N6O5S/c1-18-9-8-10-22(13-18)31-29(38)25-17-36(35-33-25)26-14-20(12-11-19(26)2)28(37)32-23-15-21(30(3,4)5)16-24(27(23)41-6)34-42(7,39)40/h8-17,33-35H,1-7H3,(H,31,38)(H,32,37). The largest absolute Gasteiger partial charge is 0.492 e. The number of amides is 2. The number of aryl methyl sites for hydroxylation is 2. The highest BCUT2D eigenvalue weighted by atomic mass is 32.2. The van der Waals surface area contributed by atoms with Gasteiger partial charge in [0.25, 0.3) is 11.8 Å². The Kier molecular flexibility index (Phi) is 8.50. The normalized spacial score (nSPS) is 13.2. The molecule has 12 heteroatoms. The van der Waals surface area contributed by atoms with Crippen LogP contribution in [0.5, 0.6) is 5.75 Å². The maximum atomic E-state index is 13.5. The van der Waals surface area contributed by atoms with E-state index in [1.807, 2.05) is 58.9 Å². The number of rotatable bonds is 8. The van der Waals surface area contributed by atoms with Crippen LogP contribution in [0.3, 0.4) is 0 Å². The predicted octanol–water partition coefficient (Wildman–Crippen LogP) is 4.54. The Labute approximate surface area is 246 Å². The Bertz CT molecular complexity index is 1680. The molecule has 1 aliphatic rings. The summed E-state index contributed by atoms with van der Waals surface area (Å²) in [6, 6.07) is 16.1. The molecule has 0 fully saturated rings. The molecule has 3 aromatic rings. The molecular formula is C30H36N6O5S. The van der Waals surface area contributed by atoms with Crippen LogP contribution >= 0.6 is 0 Å². The van der Waals surface area contributed by atoms with Crippen LogP contribution in [-0.2, 0) is 20.2 Å². The monoisotopic (exact) mass is 592 g/mol. The van der Waals surface area contributed by atoms with Crippen molar-refractivity contribution in [1.82, 2.24) is 11.0 Å². The van der Waals surface area contributed by atoms with Gasteiger partial charge in [0.2, 0.25) is 10.0 Å². The van der Waals surface area contributed by atoms with Crippen molar-refractivity contribution < 1.29 is 22.7 Å². The van der Waals surface area contributed by atoms with Gasteiger partial charge in [0, 0.05) is 11.3 Å². The van der Waals surface area contributed by atoms with E-state index in [1.54, 1.807) is 41.5 Å². The highest BCUT2D eigenvalue weighted by Gasteiger charge is 2.24. The van der Waals surface area contributed by atoms with Crippen LogP contribution in [0.15, 0.2) is 66.5 Å². The van der Waals surface area contributed by atoms with Crippen molar-refractivity contribution >= 4 is 44.6 Å². The molecule has 0 bridgehead atoms. The van der Waals surface area contributed by atoms with Gasteiger partial charge in [-0.1, -0.05) is 39.0 Å². The number of methoxy groups -OCH3 is 1. The number of hydrogen-bond acceptors (Lipinski definition) is 8. The highest BCUT2D eigenvalue weighted by Crippen LogP contribution is 2.39. The van der Waals surface area contributed by atoms with Crippen molar-refractivity contribution in [1.29, 1.82) is 0 Å². The van der Waals surface area contributed by atoms with E-state index < -0.39 is 15.9 Å². The summed E-state index contributed by atoms with van der Waals surface area (Å²) in [7, 11) is -2.21. The van der Waals surface area contributed by atoms with Crippen LogP contribution in [0.1, 0.15) is 47.8 Å². The SMILES string of the molecule is COc1c(NC(=O)c2ccc(C)c(N3C=C(C(=O)Nc4cccc(C)c4)NN3)c2)cc(C(C)(C)C)cc1NS(C)(=O)=O. The molecule has 0 saturated heterocycles. The summed E-state index contributed by atoms with van der Waals surface area (Å²) < 4.78 is 32.1. The molecule has 0 saturated carbocycles. The van der Waals surface area contributed by atoms with E-state index in [2.05, 4.69) is 26.3 Å². The Morgan fingerprint density at radius 1 is 0.929 bits per heavy atom. The van der Waals surface area contributed by atoms with E-state index >= 15 is 0 Å². The molecule has 0 radical (unpaired) electrons. The number of hydrogen-bond donors (Lipinski definition) is 5. The molecule has 1 aliphatic heterocycles. The van der Waals surface area contributed by atoms with E-state index in [0.29, 0.717) is 28.3 Å². The summed E-state index contributed by atoms with van der Waals surface area (Å²) in [6.45, 7) is 9.78. The van der Waals surface area contributed by atoms with Gasteiger partial charge < -0.3 is 15.4 Å². The van der Waals surface area contributed by atoms with Gasteiger partial charge in [-0.15, -0.1) is 5.53 Å². The fourth-order valence-electron chi connectivity index (χ4n) is 4.34. The van der Waals surface area contributed by atoms with Crippen LogP contribution in [0, 0.1) is 13.8 Å². The van der Waals surface area contributed by atoms with Gasteiger partial charge in [-0.3, -0.25) is 24.7 Å². The number of anilines is 4. The van der Waals surface area contributed by atoms with Crippen molar-refractivity contribution in [2.24, 2.45) is 0 Å². The zero-order chi connectivity index (χ0) is 30.8. The second kappa shape index (κ2) is 11.7. The average molecular weight is 593 g/mol. The Morgan fingerprint density at radius 2 is 1.64 bits per heavy atom. The van der Waals surface area contributed by atoms with Gasteiger partial charge >= 0.3 is 0 Å². The van der Waals surface area contributed by atoms with E-state index in [1.165, 1.54) is 7.11 Å². The molecule has 0 spiro atoms. The fourth-order valence-corrected chi connectivity index (χ4v) is 4.89. The third-order valence-electron chi connectivity index (χ3n) is 6.52. The molecule has 11 nitrogen and oxygen atoms in total. The first-order valence-electron chi connectivity index (χ1n) is 13.2. The number of hydrazine groups is 2. The van der Waals surface area contributed by atoms with E-state index in [9.17, 15) is 18.0 Å². The quantitative estimate of drug-likeness (QED) is 0.257. The van der Waals surface area contributed by atoms with Gasteiger partial charge in [0.05, 0.1) is 36.6 Å². The van der Waals surface area contributed by atoms with Gasteiger partial charge in [0.15, 0.2) is 5.75 Å². The Hall–Kier alpha value is -4.55. The lowest BCUT2D eigenvalue weighted by atomic mass is 9.86. The second-order valence-corrected chi connectivity index (χ2v) is 12.9. The maximum absolute atomic E-state index is 13.5. The van der Waals surface area contributed by atoms with Gasteiger partial charge in [-0.05, 0) is 72.4 Å². The number of ether oxygens (including phenoxy) is 1. The molecule has 0 aromatic heterocycles. The number of nitrogens with one attached hydrogen (secondary N) is 5. The smallest absolute Gasteiger partial charge is 0.274 e. The topological polar surface area (TPSA) is 141 Å². The third-order valence-corrected chi connectivity index (χ3v) is 7.11. The summed E-state index contributed by atoms with van der Waals surface area (Å²) >= 11 is 0. The molecule has 0 unspecified atom stereocenters. The Morgan fingerprint density at radius 3 is 2.29 bits per heavy atom. The molecular weight excluding hydrogens is 556 g/mol. The molecule has 42 heavy (non-hydrogen) atoms. The second-order valence-electron chi connectivity index (χ2n) is 11.2. The first kappa shape index (κ1) is 30.4. The van der Waals surface area contributed by atoms with Crippen LogP contribution in [-0.4, -0.2) is 33.6 Å². The summed E-state index contributed by atoms with van der Waals surface area (Å²) in [4.78, 5) is 26.3. The van der Waals surface area contributed by atoms with Crippen LogP contribution in [0.4, 0.5) is 22.7 Å². The maximum Gasteiger partial charge on any atom is 0.274 e. The van der Waals surface area contributed by atoms with Gasteiger partial charge in [0.1, 0.15) is 5.70 Å². The van der Waals surface area contributed by atoms with Gasteiger partial charge in [-0.2, -0.15) is 0 Å². The van der Waals surface area contributed by atoms with E-state index in [-0.39, 0.29) is 22.8 Å². The van der Waals surface area contributed by atoms with Crippen molar-refractivity contribution in [2.45, 2.75) is 40.0 Å². The number of carbonyl (C=O) groups excluding carboxylic acids is 2. The van der Waals surface area contributed by atoms with Crippen LogP contribution in [0.2, 0.25) is 0 Å². The predicted molar refractivity (Wildman–Crippen MR) is 166 cm³/mol. The average Bonchev–Trinajstić information content (AvgIpc) is 3.38. The molecule has 4 rings (SSSR count). The third kappa shape index (κ3) is 7.20. The molecule has 0 aliphatic carbocycles. The molecule has 2 amide bonds. The molecule has 222 valence electrons. The Balaban J connectivity index is 1.61. The summed E-state index contributed by atoms with van der Waals surface area (Å²) in [5.74, 6) is -0.572. The minimum atomic E-state index is -3.61. The van der Waals surface area contributed by atoms with Crippen molar-refractivity contribution in [3.8, 4) is 5.75 Å². The summed E-state index contributed by atoms with van der Waals surface area (Å²) in [5.41, 5.74) is 10.6. The zero-order valence-corrected chi connectivity index (χ0v) is 25.5. The zero-order valence-electron chi connectivity index (χ0n) is 24.7. The molecule has 3 aromatic carbocycles. The number of nitrogens with zero attached hydrogens (tertiary/aromatic N) is 1. The minimum absolute atomic E-state index is 0.187. The first-order chi connectivity index (χ1) is 19.6. The number of sulfonamides is 1. The van der Waals surface area contributed by atoms with Crippen LogP contribution in [0.25, 0.3) is 0 Å². The molecule has 1 heterocycles. The minimum Gasteiger partial charge on any atom is -0.492 e. The van der Waals surface area contributed by atoms with E-state index in [4.69, 9.17) is 4.74 Å². The number of carbonyl (C=O) groups is 2. The lowest BCUT2D eigenvalue weighted by Crippen LogP contribution is -2.38. The van der Waals surface area contributed by atoms with Crippen molar-refractivity contribution in [3.05, 3.63) is 88.7 Å². The summed E-state index contributed by atoms with van der Waals surface area (Å²) in [5, 5.41) is 7.35. The lowest BCUT2D eigenvalue weighted by molar-refractivity contribution is -0.113. The van der Waals surface area contributed by atoms with Gasteiger partial charge in [-0.25, -0.2) is 8.42 Å². The fraction of sp³-hybridized carbons (Fsp3) is 0.267. The molecule has 5 N–H and O–H groups in total. The van der Waals surface area contributed by atoms with E-state index in [0.717, 1.165) is 22.9 Å². The number of benzene rings is 3. The first-order valence-corrected chi connectivity index (χ1v) is 15.1. The lowest BCUT2D eigenvalue weighted by Gasteiger charge is -2.24. The molecule has 0 atom stereocenters.